The lowest BCUT2D eigenvalue weighted by atomic mass is 10.1. The molecule has 1 N–H and O–H groups in total. The fourth-order valence-electron chi connectivity index (χ4n) is 2.50. The number of H-pyrrole nitrogens is 1. The maximum Gasteiger partial charge on any atom is 0.195 e. The molecule has 98 valence electrons. The third-order valence-corrected chi connectivity index (χ3v) is 3.76. The predicted molar refractivity (Wildman–Crippen MR) is 79.7 cm³/mol. The van der Waals surface area contributed by atoms with E-state index in [0.717, 1.165) is 24.5 Å². The van der Waals surface area contributed by atoms with Crippen molar-refractivity contribution in [2.45, 2.75) is 26.9 Å². The Morgan fingerprint density at radius 1 is 1.21 bits per heavy atom. The number of aromatic amines is 1. The summed E-state index contributed by atoms with van der Waals surface area (Å²) in [6, 6.07) is 8.40. The second-order valence-corrected chi connectivity index (χ2v) is 4.83. The third kappa shape index (κ3) is 1.81. The molecule has 0 radical (unpaired) electrons. The highest BCUT2D eigenvalue weighted by Gasteiger charge is 2.14. The molecule has 0 aliphatic carbocycles. The van der Waals surface area contributed by atoms with Gasteiger partial charge in [0.15, 0.2) is 10.6 Å². The first-order chi connectivity index (χ1) is 9.26. The Morgan fingerprint density at radius 3 is 2.74 bits per heavy atom. The summed E-state index contributed by atoms with van der Waals surface area (Å²) >= 11 is 5.27. The lowest BCUT2D eigenvalue weighted by Crippen LogP contribution is -1.97. The fraction of sp³-hybridized carbons (Fsp3) is 0.286. The summed E-state index contributed by atoms with van der Waals surface area (Å²) in [7, 11) is 0. The van der Waals surface area contributed by atoms with Gasteiger partial charge in [0, 0.05) is 35.8 Å². The summed E-state index contributed by atoms with van der Waals surface area (Å²) in [5.74, 6) is 0.913. The number of hydrogen-bond donors (Lipinski definition) is 1. The Kier molecular flexibility index (Phi) is 2.98. The predicted octanol–water partition coefficient (Wildman–Crippen LogP) is 3.60. The van der Waals surface area contributed by atoms with E-state index in [2.05, 4.69) is 59.1 Å². The number of aromatic nitrogens is 4. The summed E-state index contributed by atoms with van der Waals surface area (Å²) in [5, 5.41) is 8.49. The van der Waals surface area contributed by atoms with Crippen LogP contribution in [0.2, 0.25) is 0 Å². The summed E-state index contributed by atoms with van der Waals surface area (Å²) in [4.78, 5) is 0. The third-order valence-electron chi connectivity index (χ3n) is 3.44. The minimum absolute atomic E-state index is 0.672. The molecule has 3 rings (SSSR count). The molecule has 0 spiro atoms. The van der Waals surface area contributed by atoms with Crippen LogP contribution in [-0.4, -0.2) is 19.3 Å². The Morgan fingerprint density at radius 2 is 2.00 bits per heavy atom. The zero-order chi connectivity index (χ0) is 13.4. The minimum atomic E-state index is 0.672. The van der Waals surface area contributed by atoms with Crippen molar-refractivity contribution in [2.75, 3.05) is 0 Å². The lowest BCUT2D eigenvalue weighted by Gasteiger charge is -2.01. The molecule has 0 bridgehead atoms. The second-order valence-electron chi connectivity index (χ2n) is 4.44. The SMILES string of the molecule is CCn1c(-c2cn(CC)c3ccccc23)n[nH]c1=S. The Balaban J connectivity index is 2.33. The average molecular weight is 272 g/mol. The van der Waals surface area contributed by atoms with Crippen LogP contribution in [0.15, 0.2) is 30.5 Å². The smallest absolute Gasteiger partial charge is 0.195 e. The van der Waals surface area contributed by atoms with Gasteiger partial charge in [0.05, 0.1) is 0 Å². The number of benzene rings is 1. The molecule has 0 aliphatic rings. The van der Waals surface area contributed by atoms with E-state index in [1.807, 2.05) is 4.57 Å². The van der Waals surface area contributed by atoms with Crippen LogP contribution >= 0.6 is 12.2 Å². The molecule has 5 heteroatoms. The maximum absolute atomic E-state index is 5.27. The van der Waals surface area contributed by atoms with Gasteiger partial charge in [-0.15, -0.1) is 0 Å². The van der Waals surface area contributed by atoms with Crippen molar-refractivity contribution >= 4 is 23.1 Å². The quantitative estimate of drug-likeness (QED) is 0.740. The van der Waals surface area contributed by atoms with Gasteiger partial charge in [-0.1, -0.05) is 18.2 Å². The van der Waals surface area contributed by atoms with E-state index < -0.39 is 0 Å². The zero-order valence-electron chi connectivity index (χ0n) is 11.1. The molecule has 1 aromatic carbocycles. The number of fused-ring (bicyclic) bond motifs is 1. The van der Waals surface area contributed by atoms with Gasteiger partial charge < -0.3 is 9.13 Å². The van der Waals surface area contributed by atoms with Crippen molar-refractivity contribution in [1.29, 1.82) is 0 Å². The molecule has 2 heterocycles. The van der Waals surface area contributed by atoms with Crippen molar-refractivity contribution in [1.82, 2.24) is 19.3 Å². The Hall–Kier alpha value is -1.88. The molecule has 0 saturated carbocycles. The summed E-state index contributed by atoms with van der Waals surface area (Å²) < 4.78 is 4.94. The van der Waals surface area contributed by atoms with Gasteiger partial charge in [0.1, 0.15) is 0 Å². The van der Waals surface area contributed by atoms with Crippen LogP contribution in [0.25, 0.3) is 22.3 Å². The summed E-state index contributed by atoms with van der Waals surface area (Å²) in [5.41, 5.74) is 2.36. The maximum atomic E-state index is 5.27. The zero-order valence-corrected chi connectivity index (χ0v) is 11.9. The van der Waals surface area contributed by atoms with Crippen LogP contribution in [-0.2, 0) is 13.1 Å². The second kappa shape index (κ2) is 4.66. The van der Waals surface area contributed by atoms with E-state index in [1.54, 1.807) is 0 Å². The molecular weight excluding hydrogens is 256 g/mol. The van der Waals surface area contributed by atoms with Crippen LogP contribution in [0.3, 0.4) is 0 Å². The van der Waals surface area contributed by atoms with E-state index in [1.165, 1.54) is 10.9 Å². The van der Waals surface area contributed by atoms with Crippen LogP contribution in [0.4, 0.5) is 0 Å². The fourth-order valence-corrected chi connectivity index (χ4v) is 2.76. The first-order valence-corrected chi connectivity index (χ1v) is 6.90. The molecule has 0 atom stereocenters. The Bertz CT molecular complexity index is 778. The molecule has 3 aromatic rings. The number of nitrogens with zero attached hydrogens (tertiary/aromatic N) is 3. The van der Waals surface area contributed by atoms with E-state index >= 15 is 0 Å². The van der Waals surface area contributed by atoms with Crippen LogP contribution in [0.5, 0.6) is 0 Å². The van der Waals surface area contributed by atoms with E-state index in [-0.39, 0.29) is 0 Å². The van der Waals surface area contributed by atoms with E-state index in [0.29, 0.717) is 4.77 Å². The molecule has 0 aliphatic heterocycles. The molecule has 19 heavy (non-hydrogen) atoms. The van der Waals surface area contributed by atoms with Gasteiger partial charge >= 0.3 is 0 Å². The number of hydrogen-bond acceptors (Lipinski definition) is 2. The van der Waals surface area contributed by atoms with Gasteiger partial charge in [-0.3, -0.25) is 5.10 Å². The van der Waals surface area contributed by atoms with Gasteiger partial charge in [0.25, 0.3) is 0 Å². The highest BCUT2D eigenvalue weighted by atomic mass is 32.1. The summed E-state index contributed by atoms with van der Waals surface area (Å²) in [6.07, 6.45) is 2.15. The highest BCUT2D eigenvalue weighted by molar-refractivity contribution is 7.71. The van der Waals surface area contributed by atoms with Crippen molar-refractivity contribution in [2.24, 2.45) is 0 Å². The lowest BCUT2D eigenvalue weighted by molar-refractivity contribution is 0.754. The standard InChI is InChI=1S/C14H16N4S/c1-3-17-9-11(10-7-5-6-8-12(10)17)13-15-16-14(19)18(13)4-2/h5-9H,3-4H2,1-2H3,(H,16,19). The molecule has 0 fully saturated rings. The molecule has 0 unspecified atom stereocenters. The first kappa shape index (κ1) is 12.2. The van der Waals surface area contributed by atoms with Gasteiger partial charge in [-0.25, -0.2) is 0 Å². The topological polar surface area (TPSA) is 38.5 Å². The van der Waals surface area contributed by atoms with Crippen molar-refractivity contribution in [3.8, 4) is 11.4 Å². The van der Waals surface area contributed by atoms with E-state index in [9.17, 15) is 0 Å². The Labute approximate surface area is 116 Å². The van der Waals surface area contributed by atoms with Gasteiger partial charge in [-0.05, 0) is 32.1 Å². The largest absolute Gasteiger partial charge is 0.347 e. The average Bonchev–Trinajstić information content (AvgIpc) is 2.99. The number of aryl methyl sites for hydroxylation is 1. The monoisotopic (exact) mass is 272 g/mol. The molecule has 2 aromatic heterocycles. The van der Waals surface area contributed by atoms with Crippen molar-refractivity contribution < 1.29 is 0 Å². The van der Waals surface area contributed by atoms with E-state index in [4.69, 9.17) is 12.2 Å². The summed E-state index contributed by atoms with van der Waals surface area (Å²) in [6.45, 7) is 5.98. The minimum Gasteiger partial charge on any atom is -0.347 e. The highest BCUT2D eigenvalue weighted by Crippen LogP contribution is 2.29. The van der Waals surface area contributed by atoms with Crippen LogP contribution < -0.4 is 0 Å². The molecular formula is C14H16N4S. The van der Waals surface area contributed by atoms with Gasteiger partial charge in [0.2, 0.25) is 0 Å². The molecule has 4 nitrogen and oxygen atoms in total. The number of nitrogens with one attached hydrogen (secondary N) is 1. The number of para-hydroxylation sites is 1. The van der Waals surface area contributed by atoms with Crippen molar-refractivity contribution in [3.63, 3.8) is 0 Å². The van der Waals surface area contributed by atoms with Crippen LogP contribution in [0.1, 0.15) is 13.8 Å². The number of rotatable bonds is 3. The molecule has 0 saturated heterocycles. The normalized spacial score (nSPS) is 11.3. The van der Waals surface area contributed by atoms with Crippen molar-refractivity contribution in [3.05, 3.63) is 35.2 Å². The first-order valence-electron chi connectivity index (χ1n) is 6.49. The van der Waals surface area contributed by atoms with Crippen LogP contribution in [0, 0.1) is 4.77 Å². The molecule has 0 amide bonds. The van der Waals surface area contributed by atoms with Gasteiger partial charge in [-0.2, -0.15) is 5.10 Å².